The van der Waals surface area contributed by atoms with Gasteiger partial charge in [0.05, 0.1) is 11.4 Å². The fraction of sp³-hybridized carbons (Fsp3) is 0.400. The summed E-state index contributed by atoms with van der Waals surface area (Å²) in [7, 11) is 0. The Kier molecular flexibility index (Phi) is 33.9. The largest absolute Gasteiger partial charge is 2.00 e. The topological polar surface area (TPSA) is 25.8 Å². The summed E-state index contributed by atoms with van der Waals surface area (Å²) >= 11 is 0. The van der Waals surface area contributed by atoms with Crippen LogP contribution in [0.15, 0.2) is 42.6 Å². The maximum atomic E-state index is 4.54. The summed E-state index contributed by atoms with van der Waals surface area (Å²) in [5, 5.41) is 0. The van der Waals surface area contributed by atoms with Gasteiger partial charge in [-0.05, 0) is 24.3 Å². The molecule has 2 rings (SSSR count). The molecule has 3 heteroatoms. The van der Waals surface area contributed by atoms with Crippen molar-refractivity contribution in [2.24, 2.45) is 0 Å². The van der Waals surface area contributed by atoms with Gasteiger partial charge in [0.2, 0.25) is 0 Å². The molecule has 0 amide bonds. The summed E-state index contributed by atoms with van der Waals surface area (Å²) in [4.78, 5) is 8.82. The molecule has 0 aromatic carbocycles. The first-order valence-corrected chi connectivity index (χ1v) is 7.05. The van der Waals surface area contributed by atoms with Crippen LogP contribution >= 0.6 is 0 Å². The number of hydrogen-bond acceptors (Lipinski definition) is 2. The molecule has 0 saturated carbocycles. The van der Waals surface area contributed by atoms with Crippen LogP contribution in [-0.2, 0) is 27.5 Å². The van der Waals surface area contributed by atoms with Gasteiger partial charge in [-0.25, -0.2) is 0 Å². The van der Waals surface area contributed by atoms with Crippen molar-refractivity contribution in [3.05, 3.63) is 62.1 Å². The van der Waals surface area contributed by atoms with E-state index in [1.54, 1.807) is 6.20 Å². The second-order valence-electron chi connectivity index (χ2n) is 3.34. The van der Waals surface area contributed by atoms with Crippen molar-refractivity contribution in [1.29, 1.82) is 0 Å². The Balaban J connectivity index is -0.000000126. The predicted octanol–water partition coefficient (Wildman–Crippen LogP) is 6.68. The third-order valence-electron chi connectivity index (χ3n) is 2.15. The van der Waals surface area contributed by atoms with Crippen LogP contribution in [0.2, 0.25) is 0 Å². The quantitative estimate of drug-likeness (QED) is 0.440. The Morgan fingerprint density at radius 2 is 1.43 bits per heavy atom. The van der Waals surface area contributed by atoms with Crippen molar-refractivity contribution in [2.75, 3.05) is 0 Å². The molecule has 136 valence electrons. The second kappa shape index (κ2) is 23.3. The van der Waals surface area contributed by atoms with E-state index < -0.39 is 0 Å². The van der Waals surface area contributed by atoms with Crippen LogP contribution in [-0.4, -0.2) is 9.97 Å². The van der Waals surface area contributed by atoms with Crippen molar-refractivity contribution in [3.63, 3.8) is 0 Å². The van der Waals surface area contributed by atoms with Crippen LogP contribution < -0.4 is 0 Å². The Labute approximate surface area is 160 Å². The van der Waals surface area contributed by atoms with Gasteiger partial charge in [0.25, 0.3) is 0 Å². The van der Waals surface area contributed by atoms with Crippen molar-refractivity contribution >= 4 is 0 Å². The van der Waals surface area contributed by atoms with E-state index >= 15 is 0 Å². The molecule has 0 atom stereocenters. The molecule has 2 heterocycles. The van der Waals surface area contributed by atoms with Crippen LogP contribution in [0.3, 0.4) is 0 Å². The first kappa shape index (κ1) is 33.6. The van der Waals surface area contributed by atoms with E-state index in [0.29, 0.717) is 0 Å². The zero-order valence-corrected chi connectivity index (χ0v) is 16.3. The fourth-order valence-electron chi connectivity index (χ4n) is 1.46. The van der Waals surface area contributed by atoms with E-state index in [0.717, 1.165) is 23.5 Å². The molecule has 2 aromatic heterocycles. The molecular formula is C20H36N2Pt. The van der Waals surface area contributed by atoms with Gasteiger partial charge in [-0.3, -0.25) is 9.97 Å². The zero-order chi connectivity index (χ0) is 14.5. The van der Waals surface area contributed by atoms with E-state index in [4.69, 9.17) is 0 Å². The van der Waals surface area contributed by atoms with E-state index in [2.05, 4.69) is 16.4 Å². The molecule has 0 N–H and O–H groups in total. The van der Waals surface area contributed by atoms with Gasteiger partial charge in [0.1, 0.15) is 0 Å². The number of nitrogens with zero attached hydrogens (tertiary/aromatic N) is 2. The van der Waals surface area contributed by atoms with Gasteiger partial charge in [0, 0.05) is 11.9 Å². The number of rotatable bonds is 3. The third-order valence-corrected chi connectivity index (χ3v) is 2.15. The van der Waals surface area contributed by atoms with Crippen LogP contribution in [0.4, 0.5) is 0 Å². The minimum absolute atomic E-state index is 0. The van der Waals surface area contributed by atoms with Gasteiger partial charge in [-0.2, -0.15) is 6.92 Å². The molecule has 2 aromatic rings. The summed E-state index contributed by atoms with van der Waals surface area (Å²) in [6.45, 7) is 10.0. The van der Waals surface area contributed by atoms with Gasteiger partial charge in [-0.15, -0.1) is 6.42 Å². The standard InChI is InChI=1S/C13H13N2.2C2H6.2CH4.CH3.Pt/c1-2-6-11-7-5-9-13(15-11)12-8-3-4-10-14-12;2*1-2;;;;/h2-5,7-10H,6H2,1H3;2*1-2H3;2*1H4;1H3;/q-1;;;;;-1;+2. The molecule has 0 saturated heterocycles. The average Bonchev–Trinajstić information content (AvgIpc) is 2.53. The molecular weight excluding hydrogens is 463 g/mol. The Bertz CT molecular complexity index is 431. The average molecular weight is 500 g/mol. The van der Waals surface area contributed by atoms with Gasteiger partial charge in [-0.1, -0.05) is 54.7 Å². The minimum atomic E-state index is 0. The number of hydrogen-bond donors (Lipinski definition) is 0. The van der Waals surface area contributed by atoms with E-state index in [9.17, 15) is 0 Å². The summed E-state index contributed by atoms with van der Waals surface area (Å²) in [6, 6.07) is 11.9. The minimum Gasteiger partial charge on any atom is -0.358 e. The monoisotopic (exact) mass is 499 g/mol. The molecule has 0 fully saturated rings. The molecule has 2 nitrogen and oxygen atoms in total. The molecule has 0 spiro atoms. The summed E-state index contributed by atoms with van der Waals surface area (Å²) in [6.07, 6.45) is 4.79. The van der Waals surface area contributed by atoms with E-state index in [1.807, 2.05) is 71.0 Å². The smallest absolute Gasteiger partial charge is 0.358 e. The Morgan fingerprint density at radius 3 is 1.91 bits per heavy atom. The zero-order valence-electron chi connectivity index (χ0n) is 14.0. The molecule has 0 bridgehead atoms. The molecule has 23 heavy (non-hydrogen) atoms. The van der Waals surface area contributed by atoms with Crippen molar-refractivity contribution in [1.82, 2.24) is 9.97 Å². The normalized spacial score (nSPS) is 7.17. The predicted molar refractivity (Wildman–Crippen MR) is 104 cm³/mol. The van der Waals surface area contributed by atoms with Crippen LogP contribution in [0.25, 0.3) is 11.4 Å². The van der Waals surface area contributed by atoms with E-state index in [1.165, 1.54) is 0 Å². The molecule has 0 aliphatic carbocycles. The third kappa shape index (κ3) is 13.2. The summed E-state index contributed by atoms with van der Waals surface area (Å²) in [5.74, 6) is 0. The number of aromatic nitrogens is 2. The van der Waals surface area contributed by atoms with Gasteiger partial charge >= 0.3 is 21.1 Å². The van der Waals surface area contributed by atoms with Crippen molar-refractivity contribution < 1.29 is 21.1 Å². The number of pyridine rings is 2. The van der Waals surface area contributed by atoms with Gasteiger partial charge in [0.15, 0.2) is 0 Å². The summed E-state index contributed by atoms with van der Waals surface area (Å²) in [5.41, 5.74) is 2.95. The SMILES string of the molecule is C.C.CC.CC.C[CH-]Cc1cccc(-c2ccccn2)n1.[CH3-].[Pt+2]. The van der Waals surface area contributed by atoms with Crippen molar-refractivity contribution in [2.45, 2.75) is 55.9 Å². The first-order chi connectivity index (χ1) is 9.40. The van der Waals surface area contributed by atoms with Crippen LogP contribution in [0.5, 0.6) is 0 Å². The van der Waals surface area contributed by atoms with Gasteiger partial charge < -0.3 is 13.8 Å². The van der Waals surface area contributed by atoms with Crippen molar-refractivity contribution in [3.8, 4) is 11.4 Å². The maximum Gasteiger partial charge on any atom is 2.00 e. The molecule has 0 unspecified atom stereocenters. The molecule has 0 radical (unpaired) electrons. The van der Waals surface area contributed by atoms with Crippen LogP contribution in [0.1, 0.15) is 55.2 Å². The van der Waals surface area contributed by atoms with E-state index in [-0.39, 0.29) is 43.3 Å². The fourth-order valence-corrected chi connectivity index (χ4v) is 1.46. The van der Waals surface area contributed by atoms with Crippen LogP contribution in [0, 0.1) is 13.8 Å². The molecule has 0 aliphatic rings. The summed E-state index contributed by atoms with van der Waals surface area (Å²) < 4.78 is 0. The first-order valence-electron chi connectivity index (χ1n) is 7.05. The second-order valence-corrected chi connectivity index (χ2v) is 3.34. The molecule has 0 aliphatic heterocycles. The Morgan fingerprint density at radius 1 is 0.870 bits per heavy atom. The Hall–Kier alpha value is -1.01. The maximum absolute atomic E-state index is 4.54.